The average molecular weight is 412 g/mol. The Morgan fingerprint density at radius 1 is 1.18 bits per heavy atom. The van der Waals surface area contributed by atoms with Crippen LogP contribution in [0.25, 0.3) is 10.4 Å². The zero-order chi connectivity index (χ0) is 19.5. The summed E-state index contributed by atoms with van der Waals surface area (Å²) >= 11 is 2.93. The van der Waals surface area contributed by atoms with E-state index in [4.69, 9.17) is 0 Å². The number of amides is 2. The van der Waals surface area contributed by atoms with Gasteiger partial charge in [0.2, 0.25) is 5.91 Å². The van der Waals surface area contributed by atoms with Gasteiger partial charge in [0, 0.05) is 13.1 Å². The summed E-state index contributed by atoms with van der Waals surface area (Å²) in [5.41, 5.74) is 2.01. The molecule has 3 aromatic rings. The van der Waals surface area contributed by atoms with Gasteiger partial charge in [0.15, 0.2) is 5.13 Å². The third-order valence-electron chi connectivity index (χ3n) is 4.87. The molecule has 0 bridgehead atoms. The molecule has 1 atom stereocenters. The first-order chi connectivity index (χ1) is 13.6. The molecule has 1 fully saturated rings. The van der Waals surface area contributed by atoms with Crippen LogP contribution in [-0.2, 0) is 4.79 Å². The van der Waals surface area contributed by atoms with Crippen molar-refractivity contribution in [2.24, 2.45) is 5.92 Å². The molecule has 4 rings (SSSR count). The molecule has 1 aliphatic heterocycles. The number of piperidine rings is 1. The fourth-order valence-electron chi connectivity index (χ4n) is 3.45. The summed E-state index contributed by atoms with van der Waals surface area (Å²) < 4.78 is 0. The molecule has 5 nitrogen and oxygen atoms in total. The molecule has 7 heteroatoms. The van der Waals surface area contributed by atoms with Gasteiger partial charge in [0.05, 0.1) is 21.4 Å². The number of thiazole rings is 1. The van der Waals surface area contributed by atoms with Crippen LogP contribution in [0.1, 0.15) is 28.2 Å². The van der Waals surface area contributed by atoms with Gasteiger partial charge >= 0.3 is 0 Å². The molecule has 0 aliphatic carbocycles. The number of hydrogen-bond donors (Lipinski definition) is 1. The van der Waals surface area contributed by atoms with Crippen molar-refractivity contribution in [2.45, 2.75) is 19.8 Å². The molecule has 0 spiro atoms. The highest BCUT2D eigenvalue weighted by molar-refractivity contribution is 7.19. The van der Waals surface area contributed by atoms with Crippen LogP contribution >= 0.6 is 22.7 Å². The lowest BCUT2D eigenvalue weighted by molar-refractivity contribution is -0.121. The fraction of sp³-hybridized carbons (Fsp3) is 0.286. The maximum absolute atomic E-state index is 12.8. The highest BCUT2D eigenvalue weighted by atomic mass is 32.1. The van der Waals surface area contributed by atoms with E-state index in [1.165, 1.54) is 22.7 Å². The van der Waals surface area contributed by atoms with Crippen LogP contribution in [0.3, 0.4) is 0 Å². The maximum Gasteiger partial charge on any atom is 0.263 e. The molecular weight excluding hydrogens is 390 g/mol. The lowest BCUT2D eigenvalue weighted by Gasteiger charge is -2.31. The molecule has 28 heavy (non-hydrogen) atoms. The van der Waals surface area contributed by atoms with Gasteiger partial charge in [0.1, 0.15) is 0 Å². The smallest absolute Gasteiger partial charge is 0.263 e. The Balaban J connectivity index is 1.43. The van der Waals surface area contributed by atoms with Gasteiger partial charge in [0.25, 0.3) is 5.91 Å². The number of nitrogens with zero attached hydrogens (tertiary/aromatic N) is 2. The molecule has 0 saturated carbocycles. The predicted molar refractivity (Wildman–Crippen MR) is 114 cm³/mol. The minimum atomic E-state index is -0.206. The largest absolute Gasteiger partial charge is 0.337 e. The molecule has 1 saturated heterocycles. The lowest BCUT2D eigenvalue weighted by atomic mass is 9.97. The van der Waals surface area contributed by atoms with Crippen molar-refractivity contribution in [3.8, 4) is 10.4 Å². The number of rotatable bonds is 4. The zero-order valence-corrected chi connectivity index (χ0v) is 17.2. The first kappa shape index (κ1) is 18.8. The zero-order valence-electron chi connectivity index (χ0n) is 15.6. The SMILES string of the molecule is Cc1nc(NC(=O)C2CCCN(C(=O)c3cccs3)C2)sc1-c1ccccc1. The van der Waals surface area contributed by atoms with Crippen molar-refractivity contribution < 1.29 is 9.59 Å². The second-order valence-electron chi connectivity index (χ2n) is 6.86. The van der Waals surface area contributed by atoms with E-state index in [1.54, 1.807) is 4.90 Å². The Morgan fingerprint density at radius 2 is 2.00 bits per heavy atom. The molecule has 0 radical (unpaired) electrons. The Kier molecular flexibility index (Phi) is 5.54. The summed E-state index contributed by atoms with van der Waals surface area (Å²) in [5.74, 6) is -0.247. The van der Waals surface area contributed by atoms with E-state index in [2.05, 4.69) is 10.3 Å². The number of carbonyl (C=O) groups is 2. The van der Waals surface area contributed by atoms with E-state index in [0.29, 0.717) is 18.2 Å². The Hall–Kier alpha value is -2.51. The van der Waals surface area contributed by atoms with Gasteiger partial charge in [-0.05, 0) is 36.8 Å². The Labute approximate surface area is 172 Å². The number of nitrogens with one attached hydrogen (secondary N) is 1. The van der Waals surface area contributed by atoms with Crippen LogP contribution in [0.5, 0.6) is 0 Å². The Morgan fingerprint density at radius 3 is 2.75 bits per heavy atom. The Bertz CT molecular complexity index is 967. The second-order valence-corrected chi connectivity index (χ2v) is 8.80. The topological polar surface area (TPSA) is 62.3 Å². The summed E-state index contributed by atoms with van der Waals surface area (Å²) in [6.07, 6.45) is 1.62. The van der Waals surface area contributed by atoms with Crippen LogP contribution < -0.4 is 5.32 Å². The molecule has 1 aromatic carbocycles. The number of aromatic nitrogens is 1. The molecule has 2 aromatic heterocycles. The predicted octanol–water partition coefficient (Wildman–Crippen LogP) is 4.67. The molecule has 3 heterocycles. The highest BCUT2D eigenvalue weighted by Crippen LogP contribution is 2.33. The van der Waals surface area contributed by atoms with Crippen LogP contribution in [0.4, 0.5) is 5.13 Å². The normalized spacial score (nSPS) is 16.8. The average Bonchev–Trinajstić information content (AvgIpc) is 3.38. The van der Waals surface area contributed by atoms with Gasteiger partial charge < -0.3 is 10.2 Å². The van der Waals surface area contributed by atoms with E-state index in [1.807, 2.05) is 54.8 Å². The molecule has 1 N–H and O–H groups in total. The summed E-state index contributed by atoms with van der Waals surface area (Å²) in [6.45, 7) is 3.12. The summed E-state index contributed by atoms with van der Waals surface area (Å²) in [6, 6.07) is 13.8. The van der Waals surface area contributed by atoms with Gasteiger partial charge in [-0.25, -0.2) is 4.98 Å². The van der Waals surface area contributed by atoms with E-state index >= 15 is 0 Å². The van der Waals surface area contributed by atoms with Gasteiger partial charge in [-0.2, -0.15) is 0 Å². The number of benzene rings is 1. The van der Waals surface area contributed by atoms with E-state index in [-0.39, 0.29) is 17.7 Å². The fourth-order valence-corrected chi connectivity index (χ4v) is 5.11. The number of carbonyl (C=O) groups excluding carboxylic acids is 2. The first-order valence-electron chi connectivity index (χ1n) is 9.28. The van der Waals surface area contributed by atoms with Crippen LogP contribution in [0, 0.1) is 12.8 Å². The summed E-state index contributed by atoms with van der Waals surface area (Å²) in [5, 5.41) is 5.48. The van der Waals surface area contributed by atoms with Gasteiger partial charge in [-0.3, -0.25) is 9.59 Å². The summed E-state index contributed by atoms with van der Waals surface area (Å²) in [7, 11) is 0. The van der Waals surface area contributed by atoms with Crippen molar-refractivity contribution >= 4 is 39.6 Å². The minimum absolute atomic E-state index is 0.0176. The van der Waals surface area contributed by atoms with Gasteiger partial charge in [-0.1, -0.05) is 47.7 Å². The molecule has 1 unspecified atom stereocenters. The summed E-state index contributed by atoms with van der Waals surface area (Å²) in [4.78, 5) is 33.5. The maximum atomic E-state index is 12.8. The number of aryl methyl sites for hydroxylation is 1. The third-order valence-corrected chi connectivity index (χ3v) is 6.85. The number of hydrogen-bond acceptors (Lipinski definition) is 5. The van der Waals surface area contributed by atoms with Crippen molar-refractivity contribution in [1.29, 1.82) is 0 Å². The first-order valence-corrected chi connectivity index (χ1v) is 11.0. The van der Waals surface area contributed by atoms with Crippen LogP contribution in [-0.4, -0.2) is 34.8 Å². The van der Waals surface area contributed by atoms with Crippen LogP contribution in [0.15, 0.2) is 47.8 Å². The van der Waals surface area contributed by atoms with E-state index in [9.17, 15) is 9.59 Å². The minimum Gasteiger partial charge on any atom is -0.337 e. The van der Waals surface area contributed by atoms with Crippen molar-refractivity contribution in [3.63, 3.8) is 0 Å². The molecule has 144 valence electrons. The van der Waals surface area contributed by atoms with E-state index < -0.39 is 0 Å². The molecule has 2 amide bonds. The van der Waals surface area contributed by atoms with Crippen molar-refractivity contribution in [2.75, 3.05) is 18.4 Å². The molecular formula is C21H21N3O2S2. The second kappa shape index (κ2) is 8.24. The van der Waals surface area contributed by atoms with Crippen molar-refractivity contribution in [1.82, 2.24) is 9.88 Å². The van der Waals surface area contributed by atoms with Gasteiger partial charge in [-0.15, -0.1) is 11.3 Å². The molecule has 1 aliphatic rings. The lowest BCUT2D eigenvalue weighted by Crippen LogP contribution is -2.43. The van der Waals surface area contributed by atoms with Crippen LogP contribution in [0.2, 0.25) is 0 Å². The number of anilines is 1. The number of likely N-dealkylation sites (tertiary alicyclic amines) is 1. The monoisotopic (exact) mass is 411 g/mol. The van der Waals surface area contributed by atoms with E-state index in [0.717, 1.165) is 33.9 Å². The third kappa shape index (κ3) is 4.00. The number of thiophene rings is 1. The standard InChI is InChI=1S/C21H21N3O2S2/c1-14-18(15-7-3-2-4-8-15)28-21(22-14)23-19(25)16-9-5-11-24(13-16)20(26)17-10-6-12-27-17/h2-4,6-8,10,12,16H,5,9,11,13H2,1H3,(H,22,23,25). The quantitative estimate of drug-likeness (QED) is 0.679. The highest BCUT2D eigenvalue weighted by Gasteiger charge is 2.29. The van der Waals surface area contributed by atoms with Crippen molar-refractivity contribution in [3.05, 3.63) is 58.4 Å².